The van der Waals surface area contributed by atoms with Crippen LogP contribution in [0, 0.1) is 0 Å². The van der Waals surface area contributed by atoms with E-state index in [-0.39, 0.29) is 12.3 Å². The van der Waals surface area contributed by atoms with E-state index in [4.69, 9.17) is 5.73 Å². The summed E-state index contributed by atoms with van der Waals surface area (Å²) >= 11 is 0. The zero-order chi connectivity index (χ0) is 12.9. The van der Waals surface area contributed by atoms with Crippen molar-refractivity contribution in [2.24, 2.45) is 5.73 Å². The second-order valence-electron chi connectivity index (χ2n) is 3.66. The third kappa shape index (κ3) is 4.07. The number of hydrogen-bond donors (Lipinski definition) is 2. The third-order valence-corrected chi connectivity index (χ3v) is 4.09. The molecule has 0 aliphatic heterocycles. The molecule has 1 rings (SSSR count). The molecule has 1 amide bonds. The van der Waals surface area contributed by atoms with E-state index in [1.165, 1.54) is 12.1 Å². The highest BCUT2D eigenvalue weighted by Crippen LogP contribution is 2.15. The molecule has 0 heterocycles. The lowest BCUT2D eigenvalue weighted by Crippen LogP contribution is -2.21. The molecule has 5 nitrogen and oxygen atoms in total. The number of sulfone groups is 1. The highest BCUT2D eigenvalue weighted by Gasteiger charge is 2.12. The number of nitrogens with one attached hydrogen (secondary N) is 1. The van der Waals surface area contributed by atoms with Gasteiger partial charge in [0.1, 0.15) is 0 Å². The second-order valence-corrected chi connectivity index (χ2v) is 5.77. The SMILES string of the molecule is CCCS(=O)(=O)c1ccc(NCC(N)=O)cc1. The maximum absolute atomic E-state index is 11.7. The summed E-state index contributed by atoms with van der Waals surface area (Å²) in [5.74, 6) is -0.325. The van der Waals surface area contributed by atoms with E-state index in [0.29, 0.717) is 17.0 Å². The van der Waals surface area contributed by atoms with Gasteiger partial charge in [0, 0.05) is 5.69 Å². The van der Waals surface area contributed by atoms with E-state index in [0.717, 1.165) is 0 Å². The average molecular weight is 256 g/mol. The normalized spacial score (nSPS) is 11.1. The summed E-state index contributed by atoms with van der Waals surface area (Å²) in [7, 11) is -3.18. The summed E-state index contributed by atoms with van der Waals surface area (Å²) < 4.78 is 23.4. The number of nitrogens with two attached hydrogens (primary N) is 1. The van der Waals surface area contributed by atoms with Crippen LogP contribution in [-0.2, 0) is 14.6 Å². The minimum Gasteiger partial charge on any atom is -0.376 e. The molecule has 0 radical (unpaired) electrons. The van der Waals surface area contributed by atoms with Crippen molar-refractivity contribution in [3.8, 4) is 0 Å². The molecule has 0 saturated heterocycles. The molecular formula is C11H16N2O3S. The molecule has 0 saturated carbocycles. The van der Waals surface area contributed by atoms with Crippen LogP contribution in [0.2, 0.25) is 0 Å². The number of carbonyl (C=O) groups is 1. The molecule has 0 bridgehead atoms. The van der Waals surface area contributed by atoms with Crippen LogP contribution in [-0.4, -0.2) is 26.6 Å². The summed E-state index contributed by atoms with van der Waals surface area (Å²) in [4.78, 5) is 10.8. The fourth-order valence-electron chi connectivity index (χ4n) is 1.36. The van der Waals surface area contributed by atoms with Crippen molar-refractivity contribution in [1.29, 1.82) is 0 Å². The minimum atomic E-state index is -3.18. The third-order valence-electron chi connectivity index (χ3n) is 2.15. The van der Waals surface area contributed by atoms with Crippen molar-refractivity contribution in [2.45, 2.75) is 18.2 Å². The van der Waals surface area contributed by atoms with Gasteiger partial charge in [0.15, 0.2) is 9.84 Å². The van der Waals surface area contributed by atoms with Crippen LogP contribution in [0.15, 0.2) is 29.2 Å². The van der Waals surface area contributed by atoms with Crippen LogP contribution < -0.4 is 11.1 Å². The Morgan fingerprint density at radius 1 is 1.29 bits per heavy atom. The number of anilines is 1. The van der Waals surface area contributed by atoms with E-state index in [2.05, 4.69) is 5.32 Å². The molecule has 17 heavy (non-hydrogen) atoms. The van der Waals surface area contributed by atoms with Gasteiger partial charge in [-0.25, -0.2) is 8.42 Å². The predicted octanol–water partition coefficient (Wildman–Crippen LogP) is 0.768. The summed E-state index contributed by atoms with van der Waals surface area (Å²) in [6.45, 7) is 1.85. The highest BCUT2D eigenvalue weighted by molar-refractivity contribution is 7.91. The minimum absolute atomic E-state index is 0.0288. The number of hydrogen-bond acceptors (Lipinski definition) is 4. The first-order valence-corrected chi connectivity index (χ1v) is 6.96. The molecule has 3 N–H and O–H groups in total. The predicted molar refractivity (Wildman–Crippen MR) is 66.5 cm³/mol. The van der Waals surface area contributed by atoms with Crippen molar-refractivity contribution in [3.63, 3.8) is 0 Å². The molecular weight excluding hydrogens is 240 g/mol. The summed E-state index contributed by atoms with van der Waals surface area (Å²) in [5, 5.41) is 2.79. The molecule has 0 aliphatic rings. The Kier molecular flexibility index (Phi) is 4.51. The summed E-state index contributed by atoms with van der Waals surface area (Å²) in [6, 6.07) is 6.28. The van der Waals surface area contributed by atoms with Crippen molar-refractivity contribution in [2.75, 3.05) is 17.6 Å². The van der Waals surface area contributed by atoms with Crippen LogP contribution >= 0.6 is 0 Å². The van der Waals surface area contributed by atoms with Gasteiger partial charge in [0.2, 0.25) is 5.91 Å². The largest absolute Gasteiger partial charge is 0.376 e. The Morgan fingerprint density at radius 2 is 1.88 bits per heavy atom. The first-order chi connectivity index (χ1) is 7.95. The van der Waals surface area contributed by atoms with E-state index >= 15 is 0 Å². The van der Waals surface area contributed by atoms with Crippen molar-refractivity contribution in [1.82, 2.24) is 0 Å². The van der Waals surface area contributed by atoms with Crippen molar-refractivity contribution >= 4 is 21.4 Å². The molecule has 1 aromatic carbocycles. The molecule has 0 spiro atoms. The number of rotatable bonds is 6. The fourth-order valence-corrected chi connectivity index (χ4v) is 2.68. The zero-order valence-electron chi connectivity index (χ0n) is 9.64. The number of benzene rings is 1. The molecule has 6 heteroatoms. The molecule has 0 aromatic heterocycles. The summed E-state index contributed by atoms with van der Waals surface area (Å²) in [6.07, 6.45) is 0.587. The summed E-state index contributed by atoms with van der Waals surface area (Å²) in [5.41, 5.74) is 5.65. The van der Waals surface area contributed by atoms with Gasteiger partial charge in [-0.05, 0) is 30.7 Å². The zero-order valence-corrected chi connectivity index (χ0v) is 10.5. The Morgan fingerprint density at radius 3 is 2.35 bits per heavy atom. The van der Waals surface area contributed by atoms with Gasteiger partial charge in [0.25, 0.3) is 0 Å². The Labute approximate surface area is 101 Å². The Bertz CT molecular complexity index is 480. The quantitative estimate of drug-likeness (QED) is 0.786. The Balaban J connectivity index is 2.78. The maximum atomic E-state index is 11.7. The lowest BCUT2D eigenvalue weighted by molar-refractivity contribution is -0.116. The van der Waals surface area contributed by atoms with Gasteiger partial charge < -0.3 is 11.1 Å². The van der Waals surface area contributed by atoms with Crippen molar-refractivity contribution < 1.29 is 13.2 Å². The van der Waals surface area contributed by atoms with Gasteiger partial charge in [0.05, 0.1) is 17.2 Å². The standard InChI is InChI=1S/C11H16N2O3S/c1-2-7-17(15,16)10-5-3-9(4-6-10)13-8-11(12)14/h3-6,13H,2,7-8H2,1H3,(H2,12,14). The van der Waals surface area contributed by atoms with Crippen LogP contribution in [0.5, 0.6) is 0 Å². The molecule has 0 unspecified atom stereocenters. The van der Waals surface area contributed by atoms with Crippen LogP contribution in [0.1, 0.15) is 13.3 Å². The number of amides is 1. The van der Waals surface area contributed by atoms with Gasteiger partial charge in [-0.2, -0.15) is 0 Å². The molecule has 0 aliphatic carbocycles. The van der Waals surface area contributed by atoms with Crippen LogP contribution in [0.25, 0.3) is 0 Å². The maximum Gasteiger partial charge on any atom is 0.236 e. The van der Waals surface area contributed by atoms with E-state index in [1.54, 1.807) is 12.1 Å². The first kappa shape index (κ1) is 13.5. The first-order valence-electron chi connectivity index (χ1n) is 5.30. The van der Waals surface area contributed by atoms with Crippen LogP contribution in [0.3, 0.4) is 0 Å². The monoisotopic (exact) mass is 256 g/mol. The van der Waals surface area contributed by atoms with Crippen LogP contribution in [0.4, 0.5) is 5.69 Å². The lowest BCUT2D eigenvalue weighted by atomic mass is 10.3. The molecule has 0 atom stereocenters. The molecule has 1 aromatic rings. The number of carbonyl (C=O) groups excluding carboxylic acids is 1. The molecule has 94 valence electrons. The topological polar surface area (TPSA) is 89.3 Å². The smallest absolute Gasteiger partial charge is 0.236 e. The average Bonchev–Trinajstić information content (AvgIpc) is 2.27. The number of primary amides is 1. The van der Waals surface area contributed by atoms with Gasteiger partial charge in [-0.3, -0.25) is 4.79 Å². The van der Waals surface area contributed by atoms with E-state index in [1.807, 2.05) is 6.92 Å². The van der Waals surface area contributed by atoms with Crippen molar-refractivity contribution in [3.05, 3.63) is 24.3 Å². The molecule has 0 fully saturated rings. The van der Waals surface area contributed by atoms with E-state index in [9.17, 15) is 13.2 Å². The van der Waals surface area contributed by atoms with Gasteiger partial charge >= 0.3 is 0 Å². The highest BCUT2D eigenvalue weighted by atomic mass is 32.2. The fraction of sp³-hybridized carbons (Fsp3) is 0.364. The second kappa shape index (κ2) is 5.67. The van der Waals surface area contributed by atoms with Gasteiger partial charge in [-0.15, -0.1) is 0 Å². The van der Waals surface area contributed by atoms with Gasteiger partial charge in [-0.1, -0.05) is 6.92 Å². The van der Waals surface area contributed by atoms with E-state index < -0.39 is 15.7 Å². The Hall–Kier alpha value is -1.56. The lowest BCUT2D eigenvalue weighted by Gasteiger charge is -2.06.